The molecule has 0 amide bonds. The third-order valence-electron chi connectivity index (χ3n) is 3.21. The van der Waals surface area contributed by atoms with E-state index in [1.54, 1.807) is 24.3 Å². The van der Waals surface area contributed by atoms with E-state index < -0.39 is 6.09 Å². The molecule has 0 spiro atoms. The molecule has 0 unspecified atom stereocenters. The Bertz CT molecular complexity index is 837. The first-order valence-corrected chi connectivity index (χ1v) is 6.57. The maximum atomic E-state index is 12.2. The monoisotopic (exact) mass is 279 g/mol. The van der Waals surface area contributed by atoms with Crippen molar-refractivity contribution in [2.45, 2.75) is 6.61 Å². The average molecular weight is 279 g/mol. The molecule has 2 aromatic carbocycles. The highest BCUT2D eigenvalue weighted by atomic mass is 16.5. The fourth-order valence-corrected chi connectivity index (χ4v) is 2.15. The van der Waals surface area contributed by atoms with Crippen LogP contribution in [0, 0.1) is 0 Å². The van der Waals surface area contributed by atoms with Gasteiger partial charge in [-0.2, -0.15) is 0 Å². The van der Waals surface area contributed by atoms with Crippen LogP contribution >= 0.6 is 0 Å². The van der Waals surface area contributed by atoms with Gasteiger partial charge in [0.05, 0.1) is 5.52 Å². The molecule has 4 heteroatoms. The van der Waals surface area contributed by atoms with Gasteiger partial charge in [0.1, 0.15) is 6.61 Å². The number of ether oxygens (including phenoxy) is 1. The molecule has 0 saturated carbocycles. The SMILES string of the molecule is O=C(OCc1ccccc1)n1ccc(=O)c2ccccc21. The largest absolute Gasteiger partial charge is 0.444 e. The minimum absolute atomic E-state index is 0.113. The van der Waals surface area contributed by atoms with Crippen LogP contribution in [0.1, 0.15) is 5.56 Å². The molecule has 0 fully saturated rings. The highest BCUT2D eigenvalue weighted by Crippen LogP contribution is 2.10. The third-order valence-corrected chi connectivity index (χ3v) is 3.21. The van der Waals surface area contributed by atoms with Crippen LogP contribution in [-0.4, -0.2) is 10.7 Å². The predicted octanol–water partition coefficient (Wildman–Crippen LogP) is 3.19. The second-order valence-corrected chi connectivity index (χ2v) is 4.61. The van der Waals surface area contributed by atoms with E-state index in [4.69, 9.17) is 4.74 Å². The van der Waals surface area contributed by atoms with Gasteiger partial charge in [-0.3, -0.25) is 9.36 Å². The van der Waals surface area contributed by atoms with Gasteiger partial charge in [0.2, 0.25) is 0 Å². The van der Waals surface area contributed by atoms with Crippen LogP contribution < -0.4 is 5.43 Å². The number of nitrogens with zero attached hydrogens (tertiary/aromatic N) is 1. The number of fused-ring (bicyclic) bond motifs is 1. The molecule has 1 heterocycles. The lowest BCUT2D eigenvalue weighted by molar-refractivity contribution is 0.142. The molecule has 1 aromatic heterocycles. The summed E-state index contributed by atoms with van der Waals surface area (Å²) < 4.78 is 6.63. The van der Waals surface area contributed by atoms with Gasteiger partial charge in [-0.15, -0.1) is 0 Å². The van der Waals surface area contributed by atoms with Crippen LogP contribution in [0.4, 0.5) is 4.79 Å². The number of para-hydroxylation sites is 1. The molecule has 0 N–H and O–H groups in total. The normalized spacial score (nSPS) is 10.5. The topological polar surface area (TPSA) is 48.3 Å². The van der Waals surface area contributed by atoms with Crippen molar-refractivity contribution in [2.24, 2.45) is 0 Å². The number of rotatable bonds is 2. The Balaban J connectivity index is 1.89. The second kappa shape index (κ2) is 5.63. The van der Waals surface area contributed by atoms with E-state index >= 15 is 0 Å². The first-order chi connectivity index (χ1) is 10.3. The summed E-state index contributed by atoms with van der Waals surface area (Å²) in [6.07, 6.45) is 0.938. The summed E-state index contributed by atoms with van der Waals surface area (Å²) in [6.45, 7) is 0.195. The van der Waals surface area contributed by atoms with Crippen LogP contribution in [0.5, 0.6) is 0 Å². The highest BCUT2D eigenvalue weighted by Gasteiger charge is 2.10. The van der Waals surface area contributed by atoms with E-state index in [-0.39, 0.29) is 12.0 Å². The highest BCUT2D eigenvalue weighted by molar-refractivity contribution is 5.87. The molecule has 0 atom stereocenters. The molecule has 21 heavy (non-hydrogen) atoms. The molecule has 0 saturated heterocycles. The van der Waals surface area contributed by atoms with Crippen molar-refractivity contribution >= 4 is 17.0 Å². The van der Waals surface area contributed by atoms with Crippen LogP contribution in [0.2, 0.25) is 0 Å². The standard InChI is InChI=1S/C17H13NO3/c19-16-10-11-18(15-9-5-4-8-14(15)16)17(20)21-12-13-6-2-1-3-7-13/h1-11H,12H2. The molecule has 3 rings (SSSR count). The predicted molar refractivity (Wildman–Crippen MR) is 80.2 cm³/mol. The summed E-state index contributed by atoms with van der Waals surface area (Å²) in [6, 6.07) is 17.8. The fraction of sp³-hybridized carbons (Fsp3) is 0.0588. The quantitative estimate of drug-likeness (QED) is 0.724. The van der Waals surface area contributed by atoms with Gasteiger partial charge in [-0.25, -0.2) is 4.79 Å². The molecule has 0 aliphatic rings. The van der Waals surface area contributed by atoms with Gasteiger partial charge >= 0.3 is 6.09 Å². The van der Waals surface area contributed by atoms with Gasteiger partial charge < -0.3 is 4.74 Å². The van der Waals surface area contributed by atoms with Crippen molar-refractivity contribution in [3.05, 3.63) is 82.6 Å². The maximum absolute atomic E-state index is 12.2. The number of aromatic nitrogens is 1. The van der Waals surface area contributed by atoms with E-state index in [0.717, 1.165) is 5.56 Å². The molecule has 4 nitrogen and oxygen atoms in total. The minimum Gasteiger partial charge on any atom is -0.444 e. The summed E-state index contributed by atoms with van der Waals surface area (Å²) in [5.74, 6) is 0. The van der Waals surface area contributed by atoms with Crippen LogP contribution in [0.15, 0.2) is 71.7 Å². The molecule has 3 aromatic rings. The summed E-state index contributed by atoms with van der Waals surface area (Å²) in [5.41, 5.74) is 1.34. The zero-order valence-corrected chi connectivity index (χ0v) is 11.2. The number of carbonyl (C=O) groups is 1. The first kappa shape index (κ1) is 13.1. The number of carbonyl (C=O) groups excluding carboxylic acids is 1. The van der Waals surface area contributed by atoms with Crippen molar-refractivity contribution in [1.29, 1.82) is 0 Å². The Morgan fingerprint density at radius 2 is 1.67 bits per heavy atom. The summed E-state index contributed by atoms with van der Waals surface area (Å²) in [7, 11) is 0. The minimum atomic E-state index is -0.505. The summed E-state index contributed by atoms with van der Waals surface area (Å²) in [5, 5.41) is 0.497. The second-order valence-electron chi connectivity index (χ2n) is 4.61. The van der Waals surface area contributed by atoms with Gasteiger partial charge in [-0.05, 0) is 17.7 Å². The smallest absolute Gasteiger partial charge is 0.418 e. The number of pyridine rings is 1. The van der Waals surface area contributed by atoms with Crippen LogP contribution in [0.25, 0.3) is 10.9 Å². The Hall–Kier alpha value is -2.88. The molecule has 0 radical (unpaired) electrons. The van der Waals surface area contributed by atoms with Crippen LogP contribution in [-0.2, 0) is 11.3 Å². The van der Waals surface area contributed by atoms with E-state index in [9.17, 15) is 9.59 Å². The zero-order valence-electron chi connectivity index (χ0n) is 11.2. The Labute approximate surface area is 121 Å². The first-order valence-electron chi connectivity index (χ1n) is 6.57. The molecule has 0 aliphatic heterocycles. The lowest BCUT2D eigenvalue weighted by atomic mass is 10.2. The van der Waals surface area contributed by atoms with Crippen molar-refractivity contribution in [3.63, 3.8) is 0 Å². The van der Waals surface area contributed by atoms with Gasteiger partial charge in [0.15, 0.2) is 5.43 Å². The van der Waals surface area contributed by atoms with Crippen LogP contribution in [0.3, 0.4) is 0 Å². The van der Waals surface area contributed by atoms with E-state index in [0.29, 0.717) is 10.9 Å². The lowest BCUT2D eigenvalue weighted by Gasteiger charge is -2.10. The lowest BCUT2D eigenvalue weighted by Crippen LogP contribution is -2.17. The average Bonchev–Trinajstić information content (AvgIpc) is 2.54. The fourth-order valence-electron chi connectivity index (χ4n) is 2.15. The summed E-state index contributed by atoms with van der Waals surface area (Å²) >= 11 is 0. The molecule has 0 aliphatic carbocycles. The number of benzene rings is 2. The Morgan fingerprint density at radius 1 is 0.952 bits per heavy atom. The number of hydrogen-bond acceptors (Lipinski definition) is 3. The van der Waals surface area contributed by atoms with Crippen molar-refractivity contribution in [1.82, 2.24) is 4.57 Å². The van der Waals surface area contributed by atoms with Crippen molar-refractivity contribution in [2.75, 3.05) is 0 Å². The zero-order chi connectivity index (χ0) is 14.7. The van der Waals surface area contributed by atoms with E-state index in [1.165, 1.54) is 16.8 Å². The Kier molecular flexibility index (Phi) is 3.51. The molecule has 0 bridgehead atoms. The summed E-state index contributed by atoms with van der Waals surface area (Å²) in [4.78, 5) is 23.9. The number of hydrogen-bond donors (Lipinski definition) is 0. The van der Waals surface area contributed by atoms with Crippen molar-refractivity contribution < 1.29 is 9.53 Å². The van der Waals surface area contributed by atoms with Crippen molar-refractivity contribution in [3.8, 4) is 0 Å². The Morgan fingerprint density at radius 3 is 2.48 bits per heavy atom. The van der Waals surface area contributed by atoms with E-state index in [2.05, 4.69) is 0 Å². The van der Waals surface area contributed by atoms with Gasteiger partial charge in [0.25, 0.3) is 0 Å². The maximum Gasteiger partial charge on any atom is 0.418 e. The molecular formula is C17H13NO3. The third kappa shape index (κ3) is 2.69. The van der Waals surface area contributed by atoms with E-state index in [1.807, 2.05) is 30.3 Å². The van der Waals surface area contributed by atoms with Gasteiger partial charge in [0, 0.05) is 17.6 Å². The molecule has 104 valence electrons. The molecular weight excluding hydrogens is 266 g/mol. The van der Waals surface area contributed by atoms with Gasteiger partial charge in [-0.1, -0.05) is 42.5 Å².